The molecule has 0 amide bonds. The van der Waals surface area contributed by atoms with Crippen molar-refractivity contribution >= 4 is 46.8 Å². The highest BCUT2D eigenvalue weighted by molar-refractivity contribution is 6.36. The summed E-state index contributed by atoms with van der Waals surface area (Å²) in [6, 6.07) is 11.0. The lowest BCUT2D eigenvalue weighted by atomic mass is 10.0. The third kappa shape index (κ3) is 2.25. The van der Waals surface area contributed by atoms with Crippen molar-refractivity contribution < 1.29 is 5.11 Å². The highest BCUT2D eigenvalue weighted by Gasteiger charge is 2.13. The lowest BCUT2D eigenvalue weighted by Gasteiger charge is -2.04. The molecule has 4 heteroatoms. The molecular weight excluding hydrogens is 281 g/mol. The maximum Gasteiger partial charge on any atom is 0.141 e. The van der Waals surface area contributed by atoms with Gasteiger partial charge in [-0.05, 0) is 24.3 Å². The lowest BCUT2D eigenvalue weighted by molar-refractivity contribution is 0.474. The molecular formula is C15H9Cl2NO. The number of halogens is 2. The van der Waals surface area contributed by atoms with Crippen molar-refractivity contribution in [1.82, 2.24) is 0 Å². The van der Waals surface area contributed by atoms with Gasteiger partial charge in [-0.15, -0.1) is 0 Å². The first-order valence-corrected chi connectivity index (χ1v) is 6.44. The van der Waals surface area contributed by atoms with E-state index in [0.29, 0.717) is 10.6 Å². The fourth-order valence-electron chi connectivity index (χ4n) is 2.02. The highest BCUT2D eigenvalue weighted by atomic mass is 35.5. The number of rotatable bonds is 1. The first kappa shape index (κ1) is 12.3. The lowest BCUT2D eigenvalue weighted by Crippen LogP contribution is -1.83. The third-order valence-electron chi connectivity index (χ3n) is 2.93. The number of allylic oxidation sites excluding steroid dienone is 1. The van der Waals surface area contributed by atoms with E-state index >= 15 is 0 Å². The minimum Gasteiger partial charge on any atom is -0.506 e. The first-order chi connectivity index (χ1) is 9.15. The molecule has 1 aliphatic rings. The van der Waals surface area contributed by atoms with Crippen LogP contribution in [0.2, 0.25) is 10.0 Å². The van der Waals surface area contributed by atoms with Gasteiger partial charge in [0.15, 0.2) is 0 Å². The Morgan fingerprint density at radius 2 is 1.89 bits per heavy atom. The molecule has 0 aromatic heterocycles. The summed E-state index contributed by atoms with van der Waals surface area (Å²) in [5.74, 6) is 0.0244. The summed E-state index contributed by atoms with van der Waals surface area (Å²) >= 11 is 11.9. The normalized spacial score (nSPS) is 14.9. The van der Waals surface area contributed by atoms with Gasteiger partial charge in [0.05, 0.1) is 10.7 Å². The quantitative estimate of drug-likeness (QED) is 0.791. The molecule has 0 fully saturated rings. The first-order valence-electron chi connectivity index (χ1n) is 5.68. The van der Waals surface area contributed by atoms with Crippen molar-refractivity contribution in [3.8, 4) is 5.75 Å². The Bertz CT molecular complexity index is 720. The van der Waals surface area contributed by atoms with E-state index in [-0.39, 0.29) is 10.8 Å². The van der Waals surface area contributed by atoms with Gasteiger partial charge < -0.3 is 5.11 Å². The van der Waals surface area contributed by atoms with Crippen LogP contribution in [0.5, 0.6) is 5.75 Å². The van der Waals surface area contributed by atoms with E-state index in [9.17, 15) is 5.11 Å². The van der Waals surface area contributed by atoms with Gasteiger partial charge in [-0.2, -0.15) is 0 Å². The predicted molar refractivity (Wildman–Crippen MR) is 80.6 cm³/mol. The summed E-state index contributed by atoms with van der Waals surface area (Å²) in [5.41, 5.74) is 3.44. The second-order valence-electron chi connectivity index (χ2n) is 4.20. The number of phenolic OH excluding ortho intramolecular Hbond substituents is 1. The molecule has 94 valence electrons. The van der Waals surface area contributed by atoms with Gasteiger partial charge in [0.25, 0.3) is 0 Å². The number of hydrogen-bond acceptors (Lipinski definition) is 2. The molecule has 0 bridgehead atoms. The minimum atomic E-state index is 0.0244. The SMILES string of the molecule is Oc1c(Cl)cc(Cl)cc1/C=C1\C=Nc2ccccc21. The Hall–Kier alpha value is -1.77. The second kappa shape index (κ2) is 4.72. The van der Waals surface area contributed by atoms with Crippen LogP contribution < -0.4 is 0 Å². The van der Waals surface area contributed by atoms with E-state index in [1.807, 2.05) is 30.3 Å². The number of fused-ring (bicyclic) bond motifs is 1. The summed E-state index contributed by atoms with van der Waals surface area (Å²) in [5, 5.41) is 10.7. The van der Waals surface area contributed by atoms with Crippen LogP contribution in [0.25, 0.3) is 11.6 Å². The van der Waals surface area contributed by atoms with Gasteiger partial charge in [0, 0.05) is 27.9 Å². The third-order valence-corrected chi connectivity index (χ3v) is 3.43. The van der Waals surface area contributed by atoms with Gasteiger partial charge in [-0.3, -0.25) is 4.99 Å². The summed E-state index contributed by atoms with van der Waals surface area (Å²) < 4.78 is 0. The largest absolute Gasteiger partial charge is 0.506 e. The number of phenols is 1. The average Bonchev–Trinajstić information content (AvgIpc) is 2.79. The highest BCUT2D eigenvalue weighted by Crippen LogP contribution is 2.36. The van der Waals surface area contributed by atoms with Crippen LogP contribution in [0.3, 0.4) is 0 Å². The molecule has 0 unspecified atom stereocenters. The topological polar surface area (TPSA) is 32.6 Å². The Balaban J connectivity index is 2.12. The number of nitrogens with zero attached hydrogens (tertiary/aromatic N) is 1. The molecule has 0 atom stereocenters. The van der Waals surface area contributed by atoms with Crippen LogP contribution in [-0.2, 0) is 0 Å². The molecule has 0 radical (unpaired) electrons. The maximum absolute atomic E-state index is 9.95. The average molecular weight is 290 g/mol. The molecule has 19 heavy (non-hydrogen) atoms. The van der Waals surface area contributed by atoms with Crippen LogP contribution in [0, 0.1) is 0 Å². The molecule has 2 aromatic carbocycles. The molecule has 0 saturated heterocycles. The van der Waals surface area contributed by atoms with Crippen molar-refractivity contribution in [2.24, 2.45) is 4.99 Å². The van der Waals surface area contributed by atoms with Crippen LogP contribution in [0.1, 0.15) is 11.1 Å². The minimum absolute atomic E-state index is 0.0244. The Labute approximate surface area is 120 Å². The molecule has 1 N–H and O–H groups in total. The van der Waals surface area contributed by atoms with E-state index in [1.54, 1.807) is 12.3 Å². The predicted octanol–water partition coefficient (Wildman–Crippen LogP) is 4.96. The molecule has 1 heterocycles. The number of benzene rings is 2. The zero-order chi connectivity index (χ0) is 13.4. The number of hydrogen-bond donors (Lipinski definition) is 1. The fourth-order valence-corrected chi connectivity index (χ4v) is 2.53. The Morgan fingerprint density at radius 3 is 2.74 bits per heavy atom. The van der Waals surface area contributed by atoms with Crippen molar-refractivity contribution in [3.63, 3.8) is 0 Å². The van der Waals surface area contributed by atoms with Gasteiger partial charge in [-0.1, -0.05) is 41.4 Å². The number of aromatic hydroxyl groups is 1. The van der Waals surface area contributed by atoms with Crippen molar-refractivity contribution in [2.75, 3.05) is 0 Å². The molecule has 1 aliphatic heterocycles. The summed E-state index contributed by atoms with van der Waals surface area (Å²) in [6.45, 7) is 0. The molecule has 0 spiro atoms. The monoisotopic (exact) mass is 289 g/mol. The summed E-state index contributed by atoms with van der Waals surface area (Å²) in [6.07, 6.45) is 3.58. The number of aliphatic imine (C=N–C) groups is 1. The Kier molecular flexibility index (Phi) is 3.05. The van der Waals surface area contributed by atoms with Gasteiger partial charge in [0.1, 0.15) is 5.75 Å². The van der Waals surface area contributed by atoms with E-state index < -0.39 is 0 Å². The van der Waals surface area contributed by atoms with Crippen LogP contribution >= 0.6 is 23.2 Å². The van der Waals surface area contributed by atoms with E-state index in [1.165, 1.54) is 6.07 Å². The van der Waals surface area contributed by atoms with E-state index in [4.69, 9.17) is 23.2 Å². The smallest absolute Gasteiger partial charge is 0.141 e. The second-order valence-corrected chi connectivity index (χ2v) is 5.04. The van der Waals surface area contributed by atoms with Crippen LogP contribution in [0.15, 0.2) is 41.4 Å². The molecule has 2 aromatic rings. The zero-order valence-electron chi connectivity index (χ0n) is 9.77. The van der Waals surface area contributed by atoms with Gasteiger partial charge >= 0.3 is 0 Å². The fraction of sp³-hybridized carbons (Fsp3) is 0. The molecule has 2 nitrogen and oxygen atoms in total. The maximum atomic E-state index is 9.95. The van der Waals surface area contributed by atoms with E-state index in [2.05, 4.69) is 4.99 Å². The molecule has 0 saturated carbocycles. The molecule has 3 rings (SSSR count). The van der Waals surface area contributed by atoms with Crippen LogP contribution in [-0.4, -0.2) is 11.3 Å². The van der Waals surface area contributed by atoms with Crippen molar-refractivity contribution in [1.29, 1.82) is 0 Å². The summed E-state index contributed by atoms with van der Waals surface area (Å²) in [7, 11) is 0. The zero-order valence-corrected chi connectivity index (χ0v) is 11.3. The van der Waals surface area contributed by atoms with Gasteiger partial charge in [-0.25, -0.2) is 0 Å². The Morgan fingerprint density at radius 1 is 1.11 bits per heavy atom. The van der Waals surface area contributed by atoms with Crippen molar-refractivity contribution in [2.45, 2.75) is 0 Å². The van der Waals surface area contributed by atoms with Crippen molar-refractivity contribution in [3.05, 3.63) is 57.6 Å². The van der Waals surface area contributed by atoms with E-state index in [0.717, 1.165) is 16.8 Å². The standard InChI is InChI=1S/C15H9Cl2NO/c16-11-6-9(15(19)13(17)7-11)5-10-8-18-14-4-2-1-3-12(10)14/h1-8,19H/b10-5+. The molecule has 0 aliphatic carbocycles. The van der Waals surface area contributed by atoms with Gasteiger partial charge in [0.2, 0.25) is 0 Å². The summed E-state index contributed by atoms with van der Waals surface area (Å²) in [4.78, 5) is 4.31. The number of para-hydroxylation sites is 1. The van der Waals surface area contributed by atoms with Crippen LogP contribution in [0.4, 0.5) is 5.69 Å².